The Hall–Kier alpha value is -0.590. The minimum Gasteiger partial charge on any atom is -0.398 e. The van der Waals surface area contributed by atoms with Crippen molar-refractivity contribution < 1.29 is 8.42 Å². The van der Waals surface area contributed by atoms with Gasteiger partial charge >= 0.3 is 0 Å². The second-order valence-corrected chi connectivity index (χ2v) is 7.92. The van der Waals surface area contributed by atoms with Gasteiger partial charge in [0.05, 0.1) is 4.90 Å². The monoisotopic (exact) mass is 346 g/mol. The summed E-state index contributed by atoms with van der Waals surface area (Å²) < 4.78 is 27.4. The molecule has 1 heterocycles. The van der Waals surface area contributed by atoms with E-state index >= 15 is 0 Å². The molecule has 1 fully saturated rings. The number of halogens is 1. The summed E-state index contributed by atoms with van der Waals surface area (Å²) in [5.74, 6) is 0.593. The van der Waals surface area contributed by atoms with E-state index in [0.29, 0.717) is 24.7 Å². The van der Waals surface area contributed by atoms with Crippen LogP contribution in [0.1, 0.15) is 26.2 Å². The summed E-state index contributed by atoms with van der Waals surface area (Å²) >= 11 is 3.28. The van der Waals surface area contributed by atoms with Crippen LogP contribution >= 0.6 is 15.9 Å². The maximum absolute atomic E-state index is 12.6. The summed E-state index contributed by atoms with van der Waals surface area (Å²) in [5, 5.41) is 0. The molecule has 1 unspecified atom stereocenters. The third-order valence-electron chi connectivity index (χ3n) is 3.58. The first-order chi connectivity index (χ1) is 8.91. The van der Waals surface area contributed by atoms with Crippen molar-refractivity contribution in [1.29, 1.82) is 0 Å². The van der Waals surface area contributed by atoms with E-state index in [1.54, 1.807) is 16.4 Å². The fourth-order valence-electron chi connectivity index (χ4n) is 2.31. The number of hydrogen-bond donors (Lipinski definition) is 1. The minimum atomic E-state index is -3.42. The van der Waals surface area contributed by atoms with E-state index < -0.39 is 10.0 Å². The summed E-state index contributed by atoms with van der Waals surface area (Å²) in [4.78, 5) is 0.280. The molecule has 2 N–H and O–H groups in total. The highest BCUT2D eigenvalue weighted by atomic mass is 79.9. The van der Waals surface area contributed by atoms with E-state index in [-0.39, 0.29) is 4.90 Å². The lowest BCUT2D eigenvalue weighted by Crippen LogP contribution is -2.32. The van der Waals surface area contributed by atoms with Gasteiger partial charge in [0, 0.05) is 23.2 Å². The fraction of sp³-hybridized carbons (Fsp3) is 0.538. The second kappa shape index (κ2) is 5.81. The van der Waals surface area contributed by atoms with Crippen LogP contribution in [-0.2, 0) is 10.0 Å². The molecular weight excluding hydrogens is 328 g/mol. The first kappa shape index (κ1) is 14.8. The molecule has 0 spiro atoms. The number of anilines is 1. The van der Waals surface area contributed by atoms with Gasteiger partial charge in [0.25, 0.3) is 0 Å². The Morgan fingerprint density at radius 3 is 2.74 bits per heavy atom. The summed E-state index contributed by atoms with van der Waals surface area (Å²) in [6.07, 6.45) is 2.94. The van der Waals surface area contributed by atoms with Crippen molar-refractivity contribution in [1.82, 2.24) is 4.31 Å². The molecule has 1 aliphatic heterocycles. The largest absolute Gasteiger partial charge is 0.398 e. The van der Waals surface area contributed by atoms with Crippen molar-refractivity contribution in [2.75, 3.05) is 18.8 Å². The molecule has 1 aromatic carbocycles. The van der Waals surface area contributed by atoms with Crippen molar-refractivity contribution >= 4 is 31.6 Å². The number of benzene rings is 1. The Kier molecular flexibility index (Phi) is 4.53. The van der Waals surface area contributed by atoms with Gasteiger partial charge in [-0.05, 0) is 59.3 Å². The van der Waals surface area contributed by atoms with Crippen LogP contribution in [0.2, 0.25) is 0 Å². The fourth-order valence-corrected chi connectivity index (χ4v) is 4.08. The average molecular weight is 347 g/mol. The predicted octanol–water partition coefficient (Wildman–Crippen LogP) is 2.84. The molecule has 6 heteroatoms. The van der Waals surface area contributed by atoms with Gasteiger partial charge in [0.15, 0.2) is 0 Å². The molecule has 4 nitrogen and oxygen atoms in total. The van der Waals surface area contributed by atoms with Gasteiger partial charge in [-0.2, -0.15) is 4.31 Å². The molecule has 1 atom stereocenters. The van der Waals surface area contributed by atoms with Crippen LogP contribution in [0.4, 0.5) is 5.69 Å². The van der Waals surface area contributed by atoms with Gasteiger partial charge in [-0.15, -0.1) is 0 Å². The van der Waals surface area contributed by atoms with Crippen molar-refractivity contribution in [3.05, 3.63) is 22.7 Å². The van der Waals surface area contributed by atoms with E-state index in [1.165, 1.54) is 6.07 Å². The van der Waals surface area contributed by atoms with E-state index in [2.05, 4.69) is 22.9 Å². The second-order valence-electron chi connectivity index (χ2n) is 5.12. The highest BCUT2D eigenvalue weighted by Gasteiger charge is 2.26. The first-order valence-electron chi connectivity index (χ1n) is 6.46. The van der Waals surface area contributed by atoms with Crippen molar-refractivity contribution in [2.45, 2.75) is 31.1 Å². The topological polar surface area (TPSA) is 63.4 Å². The van der Waals surface area contributed by atoms with Gasteiger partial charge in [-0.1, -0.05) is 6.92 Å². The number of nitrogens with zero attached hydrogens (tertiary/aromatic N) is 1. The molecule has 0 aliphatic carbocycles. The molecule has 1 saturated heterocycles. The average Bonchev–Trinajstić information content (AvgIpc) is 2.57. The Morgan fingerprint density at radius 2 is 2.05 bits per heavy atom. The third kappa shape index (κ3) is 3.30. The van der Waals surface area contributed by atoms with Crippen LogP contribution in [-0.4, -0.2) is 25.8 Å². The minimum absolute atomic E-state index is 0.280. The maximum Gasteiger partial charge on any atom is 0.243 e. The first-order valence-corrected chi connectivity index (χ1v) is 8.70. The Morgan fingerprint density at radius 1 is 1.32 bits per heavy atom. The number of rotatable bonds is 2. The molecule has 19 heavy (non-hydrogen) atoms. The van der Waals surface area contributed by atoms with Crippen LogP contribution < -0.4 is 5.73 Å². The lowest BCUT2D eigenvalue weighted by atomic mass is 10.0. The summed E-state index contributed by atoms with van der Waals surface area (Å²) in [7, 11) is -3.42. The normalized spacial score (nSPS) is 22.1. The highest BCUT2D eigenvalue weighted by Crippen LogP contribution is 2.27. The van der Waals surface area contributed by atoms with Crippen molar-refractivity contribution in [3.8, 4) is 0 Å². The number of hydrogen-bond acceptors (Lipinski definition) is 3. The smallest absolute Gasteiger partial charge is 0.243 e. The van der Waals surface area contributed by atoms with E-state index in [4.69, 9.17) is 5.73 Å². The van der Waals surface area contributed by atoms with E-state index in [1.807, 2.05) is 0 Å². The number of nitrogens with two attached hydrogens (primary N) is 1. The zero-order valence-electron chi connectivity index (χ0n) is 11.0. The van der Waals surface area contributed by atoms with Crippen LogP contribution in [0.15, 0.2) is 27.6 Å². The van der Waals surface area contributed by atoms with Crippen molar-refractivity contribution in [3.63, 3.8) is 0 Å². The molecule has 2 rings (SSSR count). The van der Waals surface area contributed by atoms with Gasteiger partial charge in [0.1, 0.15) is 0 Å². The molecule has 0 amide bonds. The molecule has 1 aromatic rings. The maximum atomic E-state index is 12.6. The van der Waals surface area contributed by atoms with Gasteiger partial charge in [0.2, 0.25) is 10.0 Å². The Labute approximate surface area is 123 Å². The SMILES string of the molecule is CC1CCCN(S(=O)(=O)c2ccc(Br)c(N)c2)CC1. The lowest BCUT2D eigenvalue weighted by molar-refractivity contribution is 0.417. The van der Waals surface area contributed by atoms with Crippen LogP contribution in [0.5, 0.6) is 0 Å². The molecule has 0 radical (unpaired) electrons. The summed E-state index contributed by atoms with van der Waals surface area (Å²) in [6.45, 7) is 3.37. The quantitative estimate of drug-likeness (QED) is 0.837. The Bertz CT molecular complexity index is 560. The predicted molar refractivity (Wildman–Crippen MR) is 80.3 cm³/mol. The molecular formula is C13H19BrN2O2S. The standard InChI is InChI=1S/C13H19BrN2O2S/c1-10-3-2-7-16(8-6-10)19(17,18)11-4-5-12(14)13(15)9-11/h4-5,9-10H,2-3,6-8,15H2,1H3. The highest BCUT2D eigenvalue weighted by molar-refractivity contribution is 9.10. The van der Waals surface area contributed by atoms with Crippen LogP contribution in [0, 0.1) is 5.92 Å². The summed E-state index contributed by atoms with van der Waals surface area (Å²) in [5.41, 5.74) is 6.22. The van der Waals surface area contributed by atoms with E-state index in [9.17, 15) is 8.42 Å². The van der Waals surface area contributed by atoms with E-state index in [0.717, 1.165) is 23.7 Å². The van der Waals surface area contributed by atoms with Crippen LogP contribution in [0.25, 0.3) is 0 Å². The lowest BCUT2D eigenvalue weighted by Gasteiger charge is -2.20. The van der Waals surface area contributed by atoms with Crippen molar-refractivity contribution in [2.24, 2.45) is 5.92 Å². The molecule has 1 aliphatic rings. The molecule has 0 aromatic heterocycles. The number of sulfonamides is 1. The summed E-state index contributed by atoms with van der Waals surface area (Å²) in [6, 6.07) is 4.81. The van der Waals surface area contributed by atoms with Gasteiger partial charge in [-0.25, -0.2) is 8.42 Å². The van der Waals surface area contributed by atoms with Gasteiger partial charge in [-0.3, -0.25) is 0 Å². The Balaban J connectivity index is 2.28. The zero-order chi connectivity index (χ0) is 14.0. The molecule has 0 saturated carbocycles. The number of nitrogen functional groups attached to an aromatic ring is 1. The zero-order valence-corrected chi connectivity index (χ0v) is 13.4. The van der Waals surface area contributed by atoms with Gasteiger partial charge < -0.3 is 5.73 Å². The third-order valence-corrected chi connectivity index (χ3v) is 6.20. The molecule has 106 valence electrons. The molecule has 0 bridgehead atoms. The van der Waals surface area contributed by atoms with Crippen LogP contribution in [0.3, 0.4) is 0 Å².